The molecule has 0 saturated carbocycles. The van der Waals surface area contributed by atoms with Crippen LogP contribution in [0.1, 0.15) is 19.4 Å². The summed E-state index contributed by atoms with van der Waals surface area (Å²) in [4.78, 5) is 0. The lowest BCUT2D eigenvalue weighted by Crippen LogP contribution is -1.83. The summed E-state index contributed by atoms with van der Waals surface area (Å²) in [5.74, 6) is -0.240. The van der Waals surface area contributed by atoms with Gasteiger partial charge in [-0.1, -0.05) is 48.6 Å². The smallest absolute Gasteiger partial charge is 0.130 e. The van der Waals surface area contributed by atoms with Gasteiger partial charge in [0, 0.05) is 5.57 Å². The molecule has 0 heterocycles. The van der Waals surface area contributed by atoms with Crippen LogP contribution in [0.25, 0.3) is 5.57 Å². The van der Waals surface area contributed by atoms with Crippen LogP contribution in [-0.2, 0) is 0 Å². The van der Waals surface area contributed by atoms with Gasteiger partial charge in [-0.05, 0) is 25.5 Å². The Hall–Kier alpha value is -1.63. The third kappa shape index (κ3) is 3.21. The minimum absolute atomic E-state index is 0.240. The summed E-state index contributed by atoms with van der Waals surface area (Å²) in [6, 6.07) is 9.41. The summed E-state index contributed by atoms with van der Waals surface area (Å²) >= 11 is 0. The highest BCUT2D eigenvalue weighted by Gasteiger charge is 2.02. The molecule has 0 nitrogen and oxygen atoms in total. The van der Waals surface area contributed by atoms with Gasteiger partial charge < -0.3 is 0 Å². The average molecular weight is 202 g/mol. The Morgan fingerprint density at radius 1 is 1.20 bits per heavy atom. The van der Waals surface area contributed by atoms with Crippen molar-refractivity contribution in [2.24, 2.45) is 0 Å². The molecule has 0 amide bonds. The van der Waals surface area contributed by atoms with Gasteiger partial charge in [-0.15, -0.1) is 0 Å². The first-order valence-electron chi connectivity index (χ1n) is 4.87. The Morgan fingerprint density at radius 2 is 1.80 bits per heavy atom. The van der Waals surface area contributed by atoms with Gasteiger partial charge in [0.25, 0.3) is 0 Å². The lowest BCUT2D eigenvalue weighted by molar-refractivity contribution is 0.669. The fourth-order valence-electron chi connectivity index (χ4n) is 1.30. The summed E-state index contributed by atoms with van der Waals surface area (Å²) in [5.41, 5.74) is 2.32. The van der Waals surface area contributed by atoms with E-state index in [1.807, 2.05) is 44.2 Å². The van der Waals surface area contributed by atoms with E-state index < -0.39 is 0 Å². The molecule has 0 radical (unpaired) electrons. The van der Waals surface area contributed by atoms with Gasteiger partial charge in [-0.2, -0.15) is 0 Å². The number of allylic oxidation sites excluding steroid dienone is 5. The van der Waals surface area contributed by atoms with Crippen LogP contribution in [-0.4, -0.2) is 0 Å². The number of benzene rings is 1. The molecular weight excluding hydrogens is 187 g/mol. The molecule has 0 unspecified atom stereocenters. The molecule has 0 aliphatic heterocycles. The summed E-state index contributed by atoms with van der Waals surface area (Å²) < 4.78 is 13.7. The van der Waals surface area contributed by atoms with Gasteiger partial charge >= 0.3 is 0 Å². The summed E-state index contributed by atoms with van der Waals surface area (Å²) in [7, 11) is 0. The van der Waals surface area contributed by atoms with E-state index in [2.05, 4.69) is 6.58 Å². The van der Waals surface area contributed by atoms with Gasteiger partial charge in [-0.3, -0.25) is 0 Å². The van der Waals surface area contributed by atoms with Crippen molar-refractivity contribution in [3.05, 3.63) is 66.0 Å². The van der Waals surface area contributed by atoms with Crippen molar-refractivity contribution < 1.29 is 4.39 Å². The molecule has 0 aliphatic rings. The fourth-order valence-corrected chi connectivity index (χ4v) is 1.30. The van der Waals surface area contributed by atoms with E-state index >= 15 is 0 Å². The quantitative estimate of drug-likeness (QED) is 0.632. The second kappa shape index (κ2) is 5.30. The zero-order valence-corrected chi connectivity index (χ0v) is 9.13. The SMILES string of the molecule is C=C/C(=C(/F)C=C(C)C)c1ccccc1. The first-order valence-corrected chi connectivity index (χ1v) is 4.87. The minimum Gasteiger partial charge on any atom is -0.206 e. The Labute approximate surface area is 90.4 Å². The molecule has 0 fully saturated rings. The fraction of sp³-hybridized carbons (Fsp3) is 0.143. The molecule has 0 aliphatic carbocycles. The van der Waals surface area contributed by atoms with Crippen molar-refractivity contribution in [2.75, 3.05) is 0 Å². The van der Waals surface area contributed by atoms with Gasteiger partial charge in [-0.25, -0.2) is 4.39 Å². The highest BCUT2D eigenvalue weighted by molar-refractivity contribution is 5.76. The Bertz CT molecular complexity index is 393. The predicted octanol–water partition coefficient (Wildman–Crippen LogP) is 4.52. The second-order valence-corrected chi connectivity index (χ2v) is 3.55. The maximum absolute atomic E-state index is 13.7. The molecule has 15 heavy (non-hydrogen) atoms. The first-order chi connectivity index (χ1) is 7.15. The van der Waals surface area contributed by atoms with Crippen LogP contribution < -0.4 is 0 Å². The molecule has 1 rings (SSSR count). The van der Waals surface area contributed by atoms with Crippen LogP contribution in [0.2, 0.25) is 0 Å². The van der Waals surface area contributed by atoms with Crippen LogP contribution >= 0.6 is 0 Å². The molecule has 78 valence electrons. The Kier molecular flexibility index (Phi) is 4.04. The molecule has 0 atom stereocenters. The van der Waals surface area contributed by atoms with Gasteiger partial charge in [0.15, 0.2) is 0 Å². The number of hydrogen-bond donors (Lipinski definition) is 0. The molecule has 1 aromatic carbocycles. The van der Waals surface area contributed by atoms with Crippen LogP contribution in [0.5, 0.6) is 0 Å². The van der Waals surface area contributed by atoms with Crippen molar-refractivity contribution in [3.8, 4) is 0 Å². The summed E-state index contributed by atoms with van der Waals surface area (Å²) in [5, 5.41) is 0. The highest BCUT2D eigenvalue weighted by Crippen LogP contribution is 2.22. The Morgan fingerprint density at radius 3 is 2.27 bits per heavy atom. The van der Waals surface area contributed by atoms with Gasteiger partial charge in [0.2, 0.25) is 0 Å². The van der Waals surface area contributed by atoms with E-state index in [9.17, 15) is 4.39 Å². The van der Waals surface area contributed by atoms with Crippen molar-refractivity contribution in [1.29, 1.82) is 0 Å². The third-order valence-corrected chi connectivity index (χ3v) is 1.96. The summed E-state index contributed by atoms with van der Waals surface area (Å²) in [6.07, 6.45) is 3.06. The monoisotopic (exact) mass is 202 g/mol. The van der Waals surface area contributed by atoms with Crippen LogP contribution in [0.3, 0.4) is 0 Å². The zero-order valence-electron chi connectivity index (χ0n) is 9.13. The van der Waals surface area contributed by atoms with Crippen molar-refractivity contribution in [2.45, 2.75) is 13.8 Å². The van der Waals surface area contributed by atoms with E-state index in [0.29, 0.717) is 5.57 Å². The molecular formula is C14H15F. The van der Waals surface area contributed by atoms with E-state index in [1.54, 1.807) is 6.08 Å². The van der Waals surface area contributed by atoms with Crippen LogP contribution in [0, 0.1) is 0 Å². The van der Waals surface area contributed by atoms with E-state index in [-0.39, 0.29) is 5.83 Å². The van der Waals surface area contributed by atoms with E-state index in [4.69, 9.17) is 0 Å². The van der Waals surface area contributed by atoms with E-state index in [1.165, 1.54) is 6.08 Å². The lowest BCUT2D eigenvalue weighted by atomic mass is 10.0. The van der Waals surface area contributed by atoms with Crippen molar-refractivity contribution in [3.63, 3.8) is 0 Å². The van der Waals surface area contributed by atoms with Crippen molar-refractivity contribution in [1.82, 2.24) is 0 Å². The van der Waals surface area contributed by atoms with Crippen molar-refractivity contribution >= 4 is 5.57 Å². The summed E-state index contributed by atoms with van der Waals surface area (Å²) in [6.45, 7) is 7.37. The van der Waals surface area contributed by atoms with Crippen LogP contribution in [0.15, 0.2) is 60.5 Å². The second-order valence-electron chi connectivity index (χ2n) is 3.55. The number of hydrogen-bond acceptors (Lipinski definition) is 0. The normalized spacial score (nSPS) is 11.7. The Balaban J connectivity index is 3.20. The topological polar surface area (TPSA) is 0 Å². The first kappa shape index (κ1) is 11.4. The minimum atomic E-state index is -0.240. The predicted molar refractivity (Wildman–Crippen MR) is 64.1 cm³/mol. The average Bonchev–Trinajstić information content (AvgIpc) is 2.19. The van der Waals surface area contributed by atoms with Gasteiger partial charge in [0.05, 0.1) is 0 Å². The van der Waals surface area contributed by atoms with Crippen LogP contribution in [0.4, 0.5) is 4.39 Å². The molecule has 0 aromatic heterocycles. The molecule has 1 aromatic rings. The molecule has 0 spiro atoms. The largest absolute Gasteiger partial charge is 0.206 e. The van der Waals surface area contributed by atoms with Gasteiger partial charge in [0.1, 0.15) is 5.83 Å². The molecule has 0 N–H and O–H groups in total. The third-order valence-electron chi connectivity index (χ3n) is 1.96. The highest BCUT2D eigenvalue weighted by atomic mass is 19.1. The number of rotatable bonds is 3. The zero-order chi connectivity index (χ0) is 11.3. The lowest BCUT2D eigenvalue weighted by Gasteiger charge is -2.02. The van der Waals surface area contributed by atoms with E-state index in [0.717, 1.165) is 11.1 Å². The maximum Gasteiger partial charge on any atom is 0.130 e. The molecule has 0 saturated heterocycles. The standard InChI is InChI=1S/C14H15F/c1-4-13(14(15)10-11(2)3)12-8-6-5-7-9-12/h4-10H,1H2,2-3H3/b14-13-. The maximum atomic E-state index is 13.7. The molecule has 0 bridgehead atoms. The molecule has 1 heteroatoms. The number of halogens is 1.